The number of nitrogens with one attached hydrogen (secondary N) is 1. The van der Waals surface area contributed by atoms with Crippen molar-refractivity contribution in [3.05, 3.63) is 60.1 Å². The van der Waals surface area contributed by atoms with E-state index < -0.39 is 0 Å². The summed E-state index contributed by atoms with van der Waals surface area (Å²) in [5.74, 6) is 2.36. The third kappa shape index (κ3) is 5.63. The molecule has 0 atom stereocenters. The zero-order chi connectivity index (χ0) is 21.3. The second kappa shape index (κ2) is 10.5. The number of ether oxygens (including phenoxy) is 2. The van der Waals surface area contributed by atoms with Gasteiger partial charge in [0.15, 0.2) is 11.7 Å². The maximum absolute atomic E-state index is 12.3. The molecule has 1 amide bonds. The molecule has 0 aliphatic heterocycles. The van der Waals surface area contributed by atoms with Crippen molar-refractivity contribution in [3.63, 3.8) is 0 Å². The molecule has 0 aliphatic carbocycles. The van der Waals surface area contributed by atoms with Crippen molar-refractivity contribution in [1.29, 1.82) is 0 Å². The van der Waals surface area contributed by atoms with Crippen molar-refractivity contribution in [1.82, 2.24) is 4.98 Å². The average Bonchev–Trinajstić information content (AvgIpc) is 3.25. The number of unbranched alkanes of at least 4 members (excludes halogenated alkanes) is 1. The first-order chi connectivity index (χ1) is 14.6. The number of oxazole rings is 1. The fourth-order valence-electron chi connectivity index (χ4n) is 3.13. The smallest absolute Gasteiger partial charge is 0.224 e. The number of hydrogen-bond acceptors (Lipinski definition) is 5. The van der Waals surface area contributed by atoms with E-state index in [-0.39, 0.29) is 12.3 Å². The van der Waals surface area contributed by atoms with Crippen LogP contribution in [-0.4, -0.2) is 25.1 Å². The number of methoxy groups -OCH3 is 2. The van der Waals surface area contributed by atoms with Gasteiger partial charge in [-0.15, -0.1) is 0 Å². The quantitative estimate of drug-likeness (QED) is 0.494. The molecule has 3 aromatic rings. The summed E-state index contributed by atoms with van der Waals surface area (Å²) in [7, 11) is 3.20. The number of anilines is 1. The lowest BCUT2D eigenvalue weighted by molar-refractivity contribution is -0.116. The zero-order valence-corrected chi connectivity index (χ0v) is 17.7. The zero-order valence-electron chi connectivity index (χ0n) is 17.7. The van der Waals surface area contributed by atoms with Crippen molar-refractivity contribution in [2.45, 2.75) is 39.0 Å². The Morgan fingerprint density at radius 2 is 1.87 bits per heavy atom. The van der Waals surface area contributed by atoms with Crippen LogP contribution in [-0.2, 0) is 17.6 Å². The van der Waals surface area contributed by atoms with Gasteiger partial charge in [0, 0.05) is 24.6 Å². The normalized spacial score (nSPS) is 10.6. The molecule has 0 saturated heterocycles. The number of benzene rings is 2. The molecule has 1 N–H and O–H groups in total. The summed E-state index contributed by atoms with van der Waals surface area (Å²) in [6.07, 6.45) is 5.76. The number of nitrogens with zero attached hydrogens (tertiary/aromatic N) is 1. The van der Waals surface area contributed by atoms with Crippen molar-refractivity contribution >= 4 is 11.6 Å². The number of aryl methyl sites for hydroxylation is 2. The first-order valence-electron chi connectivity index (χ1n) is 10.2. The minimum atomic E-state index is -0.0712. The molecular weight excluding hydrogens is 380 g/mol. The number of hydrogen-bond donors (Lipinski definition) is 1. The van der Waals surface area contributed by atoms with Gasteiger partial charge in [-0.2, -0.15) is 0 Å². The summed E-state index contributed by atoms with van der Waals surface area (Å²) >= 11 is 0. The van der Waals surface area contributed by atoms with Crippen LogP contribution in [0.3, 0.4) is 0 Å². The van der Waals surface area contributed by atoms with Gasteiger partial charge in [0.2, 0.25) is 5.91 Å². The second-order valence-corrected chi connectivity index (χ2v) is 7.03. The summed E-state index contributed by atoms with van der Waals surface area (Å²) in [5, 5.41) is 2.92. The largest absolute Gasteiger partial charge is 0.497 e. The van der Waals surface area contributed by atoms with Crippen LogP contribution >= 0.6 is 0 Å². The summed E-state index contributed by atoms with van der Waals surface area (Å²) in [4.78, 5) is 16.6. The third-order valence-electron chi connectivity index (χ3n) is 4.85. The van der Waals surface area contributed by atoms with Gasteiger partial charge in [0.05, 0.1) is 26.0 Å². The average molecular weight is 408 g/mol. The highest BCUT2D eigenvalue weighted by Crippen LogP contribution is 2.33. The summed E-state index contributed by atoms with van der Waals surface area (Å²) in [6.45, 7) is 2.18. The third-order valence-corrected chi connectivity index (χ3v) is 4.85. The number of carbonyl (C=O) groups is 1. The van der Waals surface area contributed by atoms with E-state index in [2.05, 4.69) is 29.4 Å². The van der Waals surface area contributed by atoms with E-state index in [1.165, 1.54) is 18.4 Å². The van der Waals surface area contributed by atoms with Crippen molar-refractivity contribution in [3.8, 4) is 22.8 Å². The fourth-order valence-corrected chi connectivity index (χ4v) is 3.13. The first-order valence-corrected chi connectivity index (χ1v) is 10.2. The van der Waals surface area contributed by atoms with E-state index in [9.17, 15) is 4.79 Å². The molecule has 0 unspecified atom stereocenters. The molecule has 6 heteroatoms. The Kier molecular flexibility index (Phi) is 7.49. The van der Waals surface area contributed by atoms with E-state index in [1.54, 1.807) is 26.5 Å². The van der Waals surface area contributed by atoms with Crippen LogP contribution in [0.2, 0.25) is 0 Å². The highest BCUT2D eigenvalue weighted by atomic mass is 16.5. The monoisotopic (exact) mass is 408 g/mol. The Morgan fingerprint density at radius 1 is 1.07 bits per heavy atom. The lowest BCUT2D eigenvalue weighted by atomic mass is 10.1. The van der Waals surface area contributed by atoms with Gasteiger partial charge in [-0.3, -0.25) is 4.79 Å². The van der Waals surface area contributed by atoms with Gasteiger partial charge >= 0.3 is 0 Å². The van der Waals surface area contributed by atoms with E-state index >= 15 is 0 Å². The highest BCUT2D eigenvalue weighted by Gasteiger charge is 2.14. The molecule has 2 aromatic carbocycles. The number of rotatable bonds is 10. The van der Waals surface area contributed by atoms with Crippen LogP contribution in [0.25, 0.3) is 11.3 Å². The van der Waals surface area contributed by atoms with E-state index in [0.29, 0.717) is 29.6 Å². The SMILES string of the molecule is CCCCc1ccc(NC(=O)CCc2ncc(-c3ccc(OC)cc3OC)o2)cc1. The van der Waals surface area contributed by atoms with Crippen LogP contribution in [0.5, 0.6) is 11.5 Å². The predicted octanol–water partition coefficient (Wildman–Crippen LogP) is 5.27. The molecule has 0 aliphatic rings. The van der Waals surface area contributed by atoms with Crippen LogP contribution in [0, 0.1) is 0 Å². The Bertz CT molecular complexity index is 964. The van der Waals surface area contributed by atoms with Gasteiger partial charge in [-0.05, 0) is 42.7 Å². The molecule has 0 spiro atoms. The topological polar surface area (TPSA) is 73.6 Å². The maximum atomic E-state index is 12.3. The molecule has 1 heterocycles. The van der Waals surface area contributed by atoms with Crippen LogP contribution < -0.4 is 14.8 Å². The summed E-state index contributed by atoms with van der Waals surface area (Å²) in [6, 6.07) is 13.5. The first kappa shape index (κ1) is 21.4. The van der Waals surface area contributed by atoms with Gasteiger partial charge < -0.3 is 19.2 Å². The van der Waals surface area contributed by atoms with E-state index in [1.807, 2.05) is 24.3 Å². The molecule has 0 radical (unpaired) electrons. The maximum Gasteiger partial charge on any atom is 0.224 e. The van der Waals surface area contributed by atoms with Crippen molar-refractivity contribution in [2.75, 3.05) is 19.5 Å². The van der Waals surface area contributed by atoms with Crippen molar-refractivity contribution in [2.24, 2.45) is 0 Å². The minimum Gasteiger partial charge on any atom is -0.497 e. The van der Waals surface area contributed by atoms with Crippen LogP contribution in [0.4, 0.5) is 5.69 Å². The molecule has 6 nitrogen and oxygen atoms in total. The van der Waals surface area contributed by atoms with Crippen molar-refractivity contribution < 1.29 is 18.7 Å². The molecule has 158 valence electrons. The van der Waals surface area contributed by atoms with E-state index in [0.717, 1.165) is 17.7 Å². The molecule has 0 bridgehead atoms. The number of amides is 1. The van der Waals surface area contributed by atoms with Crippen LogP contribution in [0.1, 0.15) is 37.6 Å². The van der Waals surface area contributed by atoms with E-state index in [4.69, 9.17) is 13.9 Å². The lowest BCUT2D eigenvalue weighted by Crippen LogP contribution is -2.12. The minimum absolute atomic E-state index is 0.0712. The highest BCUT2D eigenvalue weighted by molar-refractivity contribution is 5.90. The standard InChI is InChI=1S/C24H28N2O4/c1-4-5-6-17-7-9-18(10-8-17)26-23(27)13-14-24-25-16-22(30-24)20-12-11-19(28-2)15-21(20)29-3/h7-12,15-16H,4-6,13-14H2,1-3H3,(H,26,27). The molecular formula is C24H28N2O4. The summed E-state index contributed by atoms with van der Waals surface area (Å²) in [5.41, 5.74) is 2.87. The number of aromatic nitrogens is 1. The molecule has 30 heavy (non-hydrogen) atoms. The molecule has 1 aromatic heterocycles. The Morgan fingerprint density at radius 3 is 2.57 bits per heavy atom. The molecule has 0 fully saturated rings. The van der Waals surface area contributed by atoms with Gasteiger partial charge in [0.1, 0.15) is 11.5 Å². The fraction of sp³-hybridized carbons (Fsp3) is 0.333. The van der Waals surface area contributed by atoms with Gasteiger partial charge in [0.25, 0.3) is 0 Å². The molecule has 0 saturated carbocycles. The predicted molar refractivity (Wildman–Crippen MR) is 117 cm³/mol. The summed E-state index contributed by atoms with van der Waals surface area (Å²) < 4.78 is 16.5. The second-order valence-electron chi connectivity index (χ2n) is 7.03. The number of carbonyl (C=O) groups excluding carboxylic acids is 1. The van der Waals surface area contributed by atoms with Gasteiger partial charge in [-0.25, -0.2) is 4.98 Å². The Hall–Kier alpha value is -3.28. The lowest BCUT2D eigenvalue weighted by Gasteiger charge is -2.08. The molecule has 3 rings (SSSR count). The van der Waals surface area contributed by atoms with Crippen LogP contribution in [0.15, 0.2) is 53.1 Å². The van der Waals surface area contributed by atoms with Gasteiger partial charge in [-0.1, -0.05) is 25.5 Å². The Labute approximate surface area is 177 Å². The Balaban J connectivity index is 1.56.